The quantitative estimate of drug-likeness (QED) is 0.605. The lowest BCUT2D eigenvalue weighted by molar-refractivity contribution is 0.408. The molecular formula is C20H22FN3O3. The number of aliphatic imine (C=N–C) groups is 1. The molecule has 0 radical (unpaired) electrons. The maximum absolute atomic E-state index is 13.0. The summed E-state index contributed by atoms with van der Waals surface area (Å²) in [6.07, 6.45) is 8.99. The van der Waals surface area contributed by atoms with Gasteiger partial charge in [-0.05, 0) is 49.8 Å². The van der Waals surface area contributed by atoms with E-state index in [2.05, 4.69) is 16.1 Å². The minimum absolute atomic E-state index is 0.00938. The Labute approximate surface area is 155 Å². The molecule has 2 N–H and O–H groups in total. The van der Waals surface area contributed by atoms with Crippen LogP contribution in [-0.4, -0.2) is 27.4 Å². The van der Waals surface area contributed by atoms with Crippen LogP contribution in [0.15, 0.2) is 50.5 Å². The van der Waals surface area contributed by atoms with E-state index in [1.165, 1.54) is 48.9 Å². The van der Waals surface area contributed by atoms with Crippen LogP contribution in [0.5, 0.6) is 5.88 Å². The molecule has 142 valence electrons. The zero-order valence-corrected chi connectivity index (χ0v) is 14.9. The number of halogens is 1. The maximum atomic E-state index is 13.0. The number of aromatic nitrogens is 2. The van der Waals surface area contributed by atoms with Gasteiger partial charge in [0.1, 0.15) is 11.4 Å². The Hall–Kier alpha value is -2.96. The lowest BCUT2D eigenvalue weighted by Crippen LogP contribution is -2.32. The molecule has 0 fully saturated rings. The van der Waals surface area contributed by atoms with Gasteiger partial charge in [0, 0.05) is 12.8 Å². The first-order valence-electron chi connectivity index (χ1n) is 9.03. The van der Waals surface area contributed by atoms with Gasteiger partial charge >= 0.3 is 5.69 Å². The fourth-order valence-electron chi connectivity index (χ4n) is 3.11. The minimum atomic E-state index is -0.730. The molecule has 0 atom stereocenters. The Morgan fingerprint density at radius 1 is 1.22 bits per heavy atom. The van der Waals surface area contributed by atoms with Crippen molar-refractivity contribution >= 4 is 6.21 Å². The van der Waals surface area contributed by atoms with E-state index in [1.807, 2.05) is 0 Å². The normalized spacial score (nSPS) is 14.5. The molecule has 7 heteroatoms. The van der Waals surface area contributed by atoms with E-state index in [4.69, 9.17) is 0 Å². The van der Waals surface area contributed by atoms with Crippen molar-refractivity contribution in [1.29, 1.82) is 0 Å². The van der Waals surface area contributed by atoms with Crippen LogP contribution < -0.4 is 11.2 Å². The second-order valence-corrected chi connectivity index (χ2v) is 6.60. The average molecular weight is 371 g/mol. The van der Waals surface area contributed by atoms with Crippen LogP contribution >= 0.6 is 0 Å². The number of H-pyrrole nitrogens is 1. The number of nitrogens with one attached hydrogen (secondary N) is 1. The number of nitrogens with zero attached hydrogens (tertiary/aromatic N) is 2. The number of hydrogen-bond acceptors (Lipinski definition) is 4. The summed E-state index contributed by atoms with van der Waals surface area (Å²) >= 11 is 0. The largest absolute Gasteiger partial charge is 0.494 e. The van der Waals surface area contributed by atoms with Gasteiger partial charge in [0.15, 0.2) is 0 Å². The summed E-state index contributed by atoms with van der Waals surface area (Å²) in [6, 6.07) is 5.56. The smallest absolute Gasteiger partial charge is 0.331 e. The van der Waals surface area contributed by atoms with E-state index >= 15 is 0 Å². The molecule has 27 heavy (non-hydrogen) atoms. The number of rotatable bonds is 6. The second-order valence-electron chi connectivity index (χ2n) is 6.60. The van der Waals surface area contributed by atoms with Crippen molar-refractivity contribution < 1.29 is 9.50 Å². The lowest BCUT2D eigenvalue weighted by Gasteiger charge is -2.11. The molecule has 0 unspecified atom stereocenters. The standard InChI is InChI=1S/C20H22FN3O3/c21-16-8-6-15(7-9-16)13-24-19(26)17(18(25)23-20(24)27)12-22-11-10-14-4-2-1-3-5-14/h4,6-9,12,26H,1-3,5,10-11,13H2,(H,23,25,27). The first-order chi connectivity index (χ1) is 13.0. The molecule has 0 amide bonds. The summed E-state index contributed by atoms with van der Waals surface area (Å²) in [5.41, 5.74) is 0.514. The monoisotopic (exact) mass is 371 g/mol. The Morgan fingerprint density at radius 2 is 2.00 bits per heavy atom. The van der Waals surface area contributed by atoms with Gasteiger partial charge in [0.2, 0.25) is 5.88 Å². The molecule has 0 saturated heterocycles. The van der Waals surface area contributed by atoms with Gasteiger partial charge < -0.3 is 5.11 Å². The molecule has 0 spiro atoms. The highest BCUT2D eigenvalue weighted by atomic mass is 19.1. The van der Waals surface area contributed by atoms with Gasteiger partial charge in [-0.2, -0.15) is 0 Å². The van der Waals surface area contributed by atoms with Crippen molar-refractivity contribution in [3.63, 3.8) is 0 Å². The molecule has 2 aromatic rings. The Balaban J connectivity index is 1.77. The third-order valence-corrected chi connectivity index (χ3v) is 4.63. The van der Waals surface area contributed by atoms with Gasteiger partial charge in [-0.15, -0.1) is 0 Å². The fraction of sp³-hybridized carbons (Fsp3) is 0.350. The molecule has 1 aliphatic carbocycles. The number of allylic oxidation sites excluding steroid dienone is 1. The van der Waals surface area contributed by atoms with Gasteiger partial charge in [0.25, 0.3) is 5.56 Å². The van der Waals surface area contributed by atoms with E-state index in [1.54, 1.807) is 0 Å². The van der Waals surface area contributed by atoms with E-state index in [0.717, 1.165) is 23.8 Å². The first-order valence-corrected chi connectivity index (χ1v) is 9.03. The van der Waals surface area contributed by atoms with Crippen molar-refractivity contribution in [3.8, 4) is 5.88 Å². The highest BCUT2D eigenvalue weighted by Gasteiger charge is 2.13. The number of aromatic amines is 1. The zero-order valence-electron chi connectivity index (χ0n) is 14.9. The molecule has 1 aromatic heterocycles. The highest BCUT2D eigenvalue weighted by Crippen LogP contribution is 2.20. The molecule has 0 saturated carbocycles. The Kier molecular flexibility index (Phi) is 6.01. The third kappa shape index (κ3) is 4.81. The van der Waals surface area contributed by atoms with E-state index < -0.39 is 22.9 Å². The third-order valence-electron chi connectivity index (χ3n) is 4.63. The summed E-state index contributed by atoms with van der Waals surface area (Å²) in [4.78, 5) is 30.5. The van der Waals surface area contributed by atoms with Gasteiger partial charge in [0.05, 0.1) is 6.54 Å². The fourth-order valence-corrected chi connectivity index (χ4v) is 3.11. The highest BCUT2D eigenvalue weighted by molar-refractivity contribution is 5.81. The summed E-state index contributed by atoms with van der Waals surface area (Å²) in [6.45, 7) is 0.525. The second kappa shape index (κ2) is 8.62. The molecule has 0 aliphatic heterocycles. The summed E-state index contributed by atoms with van der Waals surface area (Å²) in [7, 11) is 0. The zero-order chi connectivity index (χ0) is 19.2. The van der Waals surface area contributed by atoms with E-state index in [-0.39, 0.29) is 12.1 Å². The van der Waals surface area contributed by atoms with Crippen LogP contribution in [0.25, 0.3) is 0 Å². The van der Waals surface area contributed by atoms with Gasteiger partial charge in [-0.1, -0.05) is 23.8 Å². The van der Waals surface area contributed by atoms with Crippen LogP contribution in [0.3, 0.4) is 0 Å². The predicted octanol–water partition coefficient (Wildman–Crippen LogP) is 2.74. The molecule has 6 nitrogen and oxygen atoms in total. The lowest BCUT2D eigenvalue weighted by atomic mass is 9.97. The van der Waals surface area contributed by atoms with Crippen LogP contribution in [0.2, 0.25) is 0 Å². The number of benzene rings is 1. The van der Waals surface area contributed by atoms with Crippen molar-refractivity contribution in [1.82, 2.24) is 9.55 Å². The Morgan fingerprint density at radius 3 is 2.70 bits per heavy atom. The summed E-state index contributed by atoms with van der Waals surface area (Å²) in [5, 5.41) is 10.4. The van der Waals surface area contributed by atoms with Crippen molar-refractivity contribution in [2.45, 2.75) is 38.6 Å². The predicted molar refractivity (Wildman–Crippen MR) is 102 cm³/mol. The molecule has 0 bridgehead atoms. The minimum Gasteiger partial charge on any atom is -0.494 e. The van der Waals surface area contributed by atoms with Gasteiger partial charge in [-0.3, -0.25) is 19.3 Å². The molecule has 3 rings (SSSR count). The Bertz CT molecular complexity index is 971. The van der Waals surface area contributed by atoms with E-state index in [0.29, 0.717) is 12.1 Å². The topological polar surface area (TPSA) is 87.5 Å². The molecule has 1 aliphatic rings. The van der Waals surface area contributed by atoms with E-state index in [9.17, 15) is 19.1 Å². The summed E-state index contributed by atoms with van der Waals surface area (Å²) in [5.74, 6) is -0.841. The maximum Gasteiger partial charge on any atom is 0.331 e. The van der Waals surface area contributed by atoms with Crippen LogP contribution in [0.1, 0.15) is 43.2 Å². The van der Waals surface area contributed by atoms with Crippen molar-refractivity contribution in [2.24, 2.45) is 4.99 Å². The van der Waals surface area contributed by atoms with Gasteiger partial charge in [-0.25, -0.2) is 9.18 Å². The number of aromatic hydroxyl groups is 1. The molecule has 1 heterocycles. The van der Waals surface area contributed by atoms with Crippen molar-refractivity contribution in [2.75, 3.05) is 6.54 Å². The SMILES string of the molecule is O=c1[nH]c(=O)n(Cc2ccc(F)cc2)c(O)c1C=NCCC1=CCCCC1. The molecule has 1 aromatic carbocycles. The summed E-state index contributed by atoms with van der Waals surface area (Å²) < 4.78 is 14.0. The average Bonchev–Trinajstić information content (AvgIpc) is 2.66. The molecular weight excluding hydrogens is 349 g/mol. The first kappa shape index (κ1) is 18.8. The number of hydrogen-bond donors (Lipinski definition) is 2. The van der Waals surface area contributed by atoms with Crippen LogP contribution in [-0.2, 0) is 6.54 Å². The van der Waals surface area contributed by atoms with Crippen LogP contribution in [0.4, 0.5) is 4.39 Å². The van der Waals surface area contributed by atoms with Crippen molar-refractivity contribution in [3.05, 3.63) is 73.7 Å². The van der Waals surface area contributed by atoms with Crippen LogP contribution in [0, 0.1) is 5.82 Å².